The van der Waals surface area contributed by atoms with Crippen LogP contribution in [0.2, 0.25) is 5.02 Å². The van der Waals surface area contributed by atoms with Gasteiger partial charge in [-0.25, -0.2) is 14.8 Å². The lowest BCUT2D eigenvalue weighted by atomic mass is 9.93. The molecule has 2 fully saturated rings. The molecule has 1 atom stereocenters. The van der Waals surface area contributed by atoms with Gasteiger partial charge < -0.3 is 19.1 Å². The Labute approximate surface area is 236 Å². The van der Waals surface area contributed by atoms with E-state index in [1.165, 1.54) is 0 Å². The van der Waals surface area contributed by atoms with Gasteiger partial charge in [0.1, 0.15) is 12.4 Å². The number of ether oxygens (including phenoxy) is 2. The quantitative estimate of drug-likeness (QED) is 0.270. The van der Waals surface area contributed by atoms with Crippen LogP contribution in [0.4, 0.5) is 0 Å². The molecular formula is C29H31ClN4O4S. The summed E-state index contributed by atoms with van der Waals surface area (Å²) in [7, 11) is 0. The van der Waals surface area contributed by atoms with Crippen LogP contribution in [0.1, 0.15) is 56.8 Å². The molecule has 6 rings (SSSR count). The number of likely N-dealkylation sites (tertiary alicyclic amines) is 1. The Morgan fingerprint density at radius 3 is 2.69 bits per heavy atom. The number of benzene rings is 1. The van der Waals surface area contributed by atoms with Gasteiger partial charge in [0.05, 0.1) is 40.8 Å². The maximum atomic E-state index is 11.6. The number of halogens is 1. The fourth-order valence-electron chi connectivity index (χ4n) is 5.32. The molecule has 0 saturated carbocycles. The first kappa shape index (κ1) is 26.3. The molecule has 2 saturated heterocycles. The van der Waals surface area contributed by atoms with E-state index in [4.69, 9.17) is 31.0 Å². The van der Waals surface area contributed by atoms with E-state index in [9.17, 15) is 9.90 Å². The lowest BCUT2D eigenvalue weighted by Crippen LogP contribution is -2.35. The van der Waals surface area contributed by atoms with Gasteiger partial charge in [-0.2, -0.15) is 0 Å². The third-order valence-electron chi connectivity index (χ3n) is 7.64. The molecule has 1 N–H and O–H groups in total. The highest BCUT2D eigenvalue weighted by atomic mass is 35.5. The lowest BCUT2D eigenvalue weighted by molar-refractivity contribution is -0.0592. The van der Waals surface area contributed by atoms with Crippen molar-refractivity contribution in [3.05, 3.63) is 74.3 Å². The number of aryl methyl sites for hydroxylation is 1. The molecule has 0 aliphatic carbocycles. The Balaban J connectivity index is 1.11. The molecular weight excluding hydrogens is 536 g/mol. The number of carboxylic acids is 1. The maximum absolute atomic E-state index is 11.6. The molecule has 5 heterocycles. The average Bonchev–Trinajstić information content (AvgIpc) is 3.42. The maximum Gasteiger partial charge on any atom is 0.335 e. The van der Waals surface area contributed by atoms with Crippen LogP contribution in [0.25, 0.3) is 11.0 Å². The zero-order valence-electron chi connectivity index (χ0n) is 21.8. The van der Waals surface area contributed by atoms with Crippen molar-refractivity contribution in [2.24, 2.45) is 0 Å². The number of nitrogens with zero attached hydrogens (tertiary/aromatic N) is 4. The van der Waals surface area contributed by atoms with Crippen molar-refractivity contribution in [2.75, 3.05) is 19.7 Å². The molecule has 1 aromatic carbocycles. The SMILES string of the molecule is Cc1sc(COc2cccc(C3CCN(Cc4nc5ccc(C(=O)O)cc5n4C[C@@H]4CCO4)CC3)n2)cc1Cl. The normalized spacial score (nSPS) is 18.4. The van der Waals surface area contributed by atoms with Gasteiger partial charge in [0.15, 0.2) is 0 Å². The Kier molecular flexibility index (Phi) is 7.57. The highest BCUT2D eigenvalue weighted by Crippen LogP contribution is 2.31. The zero-order chi connectivity index (χ0) is 26.9. The van der Waals surface area contributed by atoms with Gasteiger partial charge in [0, 0.05) is 34.0 Å². The second kappa shape index (κ2) is 11.3. The van der Waals surface area contributed by atoms with Crippen molar-refractivity contribution < 1.29 is 19.4 Å². The molecule has 204 valence electrons. The van der Waals surface area contributed by atoms with Crippen LogP contribution in [0.5, 0.6) is 5.88 Å². The van der Waals surface area contributed by atoms with Crippen molar-refractivity contribution in [3.63, 3.8) is 0 Å². The van der Waals surface area contributed by atoms with E-state index < -0.39 is 5.97 Å². The molecule has 0 amide bonds. The van der Waals surface area contributed by atoms with Gasteiger partial charge in [0.25, 0.3) is 0 Å². The third kappa shape index (κ3) is 5.82. The van der Waals surface area contributed by atoms with Gasteiger partial charge >= 0.3 is 5.97 Å². The van der Waals surface area contributed by atoms with E-state index in [1.54, 1.807) is 23.5 Å². The van der Waals surface area contributed by atoms with Crippen molar-refractivity contribution in [2.45, 2.75) is 57.9 Å². The molecule has 0 bridgehead atoms. The van der Waals surface area contributed by atoms with Gasteiger partial charge in [-0.3, -0.25) is 4.90 Å². The second-order valence-corrected chi connectivity index (χ2v) is 12.0. The molecule has 4 aromatic rings. The monoisotopic (exact) mass is 566 g/mol. The number of hydrogen-bond acceptors (Lipinski definition) is 7. The molecule has 39 heavy (non-hydrogen) atoms. The Morgan fingerprint density at radius 2 is 2.00 bits per heavy atom. The van der Waals surface area contributed by atoms with E-state index in [2.05, 4.69) is 15.5 Å². The topological polar surface area (TPSA) is 89.7 Å². The number of aromatic carboxylic acids is 1. The summed E-state index contributed by atoms with van der Waals surface area (Å²) in [5, 5.41) is 10.3. The van der Waals surface area contributed by atoms with Crippen LogP contribution in [0.15, 0.2) is 42.5 Å². The molecule has 0 unspecified atom stereocenters. The fourth-order valence-corrected chi connectivity index (χ4v) is 6.48. The smallest absolute Gasteiger partial charge is 0.335 e. The molecule has 0 spiro atoms. The van der Waals surface area contributed by atoms with E-state index in [0.29, 0.717) is 24.9 Å². The Hall–Kier alpha value is -2.98. The van der Waals surface area contributed by atoms with Crippen LogP contribution in [-0.2, 0) is 24.4 Å². The van der Waals surface area contributed by atoms with Crippen LogP contribution in [0, 0.1) is 6.92 Å². The summed E-state index contributed by atoms with van der Waals surface area (Å²) in [6.07, 6.45) is 3.18. The fraction of sp³-hybridized carbons (Fsp3) is 0.414. The van der Waals surface area contributed by atoms with Crippen LogP contribution in [-0.4, -0.2) is 56.3 Å². The number of aromatic nitrogens is 3. The molecule has 2 aliphatic rings. The number of carboxylic acid groups (broad SMARTS) is 1. The van der Waals surface area contributed by atoms with E-state index in [1.807, 2.05) is 31.2 Å². The third-order valence-corrected chi connectivity index (χ3v) is 9.17. The summed E-state index contributed by atoms with van der Waals surface area (Å²) >= 11 is 7.83. The number of fused-ring (bicyclic) bond motifs is 1. The number of imidazole rings is 1. The standard InChI is InChI=1S/C29H31ClN4O4S/c1-18-23(30)14-22(39-18)17-38-28-4-2-3-24(32-28)19-7-10-33(11-8-19)16-27-31-25-6-5-20(29(35)36)13-26(25)34(27)15-21-9-12-37-21/h2-6,13-14,19,21H,7-12,15-17H2,1H3,(H,35,36)/t21-/m0/s1. The van der Waals surface area contributed by atoms with E-state index in [0.717, 1.165) is 82.8 Å². The minimum atomic E-state index is -0.928. The first-order valence-corrected chi connectivity index (χ1v) is 14.5. The summed E-state index contributed by atoms with van der Waals surface area (Å²) < 4.78 is 13.8. The van der Waals surface area contributed by atoms with Crippen LogP contribution < -0.4 is 4.74 Å². The summed E-state index contributed by atoms with van der Waals surface area (Å²) in [5.74, 6) is 1.05. The van der Waals surface area contributed by atoms with Gasteiger partial charge in [-0.05, 0) is 69.6 Å². The highest BCUT2D eigenvalue weighted by Gasteiger charge is 2.26. The van der Waals surface area contributed by atoms with Gasteiger partial charge in [-0.15, -0.1) is 11.3 Å². The van der Waals surface area contributed by atoms with Crippen molar-refractivity contribution in [1.29, 1.82) is 0 Å². The van der Waals surface area contributed by atoms with Gasteiger partial charge in [0.2, 0.25) is 5.88 Å². The number of piperidine rings is 1. The first-order valence-electron chi connectivity index (χ1n) is 13.3. The van der Waals surface area contributed by atoms with Crippen molar-refractivity contribution in [3.8, 4) is 5.88 Å². The number of hydrogen-bond donors (Lipinski definition) is 1. The molecule has 3 aromatic heterocycles. The van der Waals surface area contributed by atoms with Gasteiger partial charge in [-0.1, -0.05) is 17.7 Å². The largest absolute Gasteiger partial charge is 0.478 e. The van der Waals surface area contributed by atoms with Crippen molar-refractivity contribution in [1.82, 2.24) is 19.4 Å². The summed E-state index contributed by atoms with van der Waals surface area (Å²) in [5.41, 5.74) is 3.03. The molecule has 0 radical (unpaired) electrons. The first-order chi connectivity index (χ1) is 18.9. The summed E-state index contributed by atoms with van der Waals surface area (Å²) in [6.45, 7) is 6.54. The molecule has 8 nitrogen and oxygen atoms in total. The average molecular weight is 567 g/mol. The summed E-state index contributed by atoms with van der Waals surface area (Å²) in [4.78, 5) is 25.9. The predicted octanol–water partition coefficient (Wildman–Crippen LogP) is 5.90. The number of carbonyl (C=O) groups is 1. The lowest BCUT2D eigenvalue weighted by Gasteiger charge is -2.32. The minimum absolute atomic E-state index is 0.154. The summed E-state index contributed by atoms with van der Waals surface area (Å²) in [6, 6.07) is 13.1. The highest BCUT2D eigenvalue weighted by molar-refractivity contribution is 7.12. The Bertz CT molecular complexity index is 1470. The zero-order valence-corrected chi connectivity index (χ0v) is 23.4. The Morgan fingerprint density at radius 1 is 1.18 bits per heavy atom. The van der Waals surface area contributed by atoms with Crippen LogP contribution in [0.3, 0.4) is 0 Å². The predicted molar refractivity (Wildman–Crippen MR) is 151 cm³/mol. The van der Waals surface area contributed by atoms with Crippen LogP contribution >= 0.6 is 22.9 Å². The van der Waals surface area contributed by atoms with Crippen molar-refractivity contribution >= 4 is 39.9 Å². The molecule has 2 aliphatic heterocycles. The second-order valence-electron chi connectivity index (χ2n) is 10.3. The number of thiophene rings is 1. The number of pyridine rings is 1. The molecule has 10 heteroatoms. The van der Waals surface area contributed by atoms with E-state index in [-0.39, 0.29) is 11.7 Å². The minimum Gasteiger partial charge on any atom is -0.478 e. The number of rotatable bonds is 9. The van der Waals surface area contributed by atoms with E-state index >= 15 is 0 Å².